The van der Waals surface area contributed by atoms with Crippen molar-refractivity contribution in [2.75, 3.05) is 6.61 Å². The summed E-state index contributed by atoms with van der Waals surface area (Å²) in [6.07, 6.45) is 5.50. The Morgan fingerprint density at radius 2 is 2.30 bits per heavy atom. The van der Waals surface area contributed by atoms with Crippen LogP contribution in [0.3, 0.4) is 0 Å². The van der Waals surface area contributed by atoms with E-state index in [1.54, 1.807) is 10.7 Å². The third-order valence-electron chi connectivity index (χ3n) is 5.19. The van der Waals surface area contributed by atoms with Crippen molar-refractivity contribution in [3.8, 4) is 0 Å². The molecule has 23 heavy (non-hydrogen) atoms. The summed E-state index contributed by atoms with van der Waals surface area (Å²) < 4.78 is 13.3. The van der Waals surface area contributed by atoms with Gasteiger partial charge in [0.15, 0.2) is 5.65 Å². The van der Waals surface area contributed by atoms with Gasteiger partial charge >= 0.3 is 5.97 Å². The second-order valence-corrected chi connectivity index (χ2v) is 7.14. The summed E-state index contributed by atoms with van der Waals surface area (Å²) in [6, 6.07) is 1.86. The second kappa shape index (κ2) is 5.03. The van der Waals surface area contributed by atoms with E-state index in [1.165, 1.54) is 6.20 Å². The van der Waals surface area contributed by atoms with Crippen LogP contribution in [0.15, 0.2) is 18.5 Å². The highest BCUT2D eigenvalue weighted by molar-refractivity contribution is 5.95. The fraction of sp³-hybridized carbons (Fsp3) is 0.588. The Hall–Kier alpha value is -1.95. The molecule has 1 saturated carbocycles. The molecule has 6 nitrogen and oxygen atoms in total. The third kappa shape index (κ3) is 2.16. The number of fused-ring (bicyclic) bond motifs is 2. The summed E-state index contributed by atoms with van der Waals surface area (Å²) >= 11 is 0. The summed E-state index contributed by atoms with van der Waals surface area (Å²) in [5.74, 6) is -0.0422. The summed E-state index contributed by atoms with van der Waals surface area (Å²) in [5, 5.41) is 4.18. The van der Waals surface area contributed by atoms with Crippen molar-refractivity contribution in [2.45, 2.75) is 45.8 Å². The van der Waals surface area contributed by atoms with Crippen LogP contribution in [0.4, 0.5) is 0 Å². The number of nitrogens with zero attached hydrogens (tertiary/aromatic N) is 3. The van der Waals surface area contributed by atoms with E-state index in [0.29, 0.717) is 17.1 Å². The molecule has 2 aromatic heterocycles. The number of esters is 1. The van der Waals surface area contributed by atoms with Crippen molar-refractivity contribution in [1.82, 2.24) is 14.6 Å². The Kier molecular flexibility index (Phi) is 3.20. The van der Waals surface area contributed by atoms with E-state index < -0.39 is 0 Å². The summed E-state index contributed by atoms with van der Waals surface area (Å²) in [4.78, 5) is 17.0. The molecule has 1 aliphatic heterocycles. The fourth-order valence-corrected chi connectivity index (χ4v) is 4.00. The highest BCUT2D eigenvalue weighted by Gasteiger charge is 2.60. The van der Waals surface area contributed by atoms with Gasteiger partial charge in [-0.05, 0) is 25.8 Å². The van der Waals surface area contributed by atoms with Crippen LogP contribution in [-0.4, -0.2) is 39.4 Å². The van der Waals surface area contributed by atoms with Gasteiger partial charge in [-0.25, -0.2) is 14.3 Å². The molecule has 1 aliphatic carbocycles. The number of aromatic nitrogens is 3. The molecule has 0 amide bonds. The van der Waals surface area contributed by atoms with Crippen molar-refractivity contribution in [3.05, 3.63) is 29.7 Å². The molecule has 2 fully saturated rings. The maximum Gasteiger partial charge on any atom is 0.343 e. The molecule has 0 aromatic carbocycles. The number of carbonyl (C=O) groups is 1. The van der Waals surface area contributed by atoms with E-state index in [0.717, 1.165) is 25.1 Å². The molecule has 122 valence electrons. The van der Waals surface area contributed by atoms with Gasteiger partial charge in [-0.2, -0.15) is 5.10 Å². The molecule has 0 bridgehead atoms. The Bertz CT molecular complexity index is 768. The molecular formula is C17H21N3O3. The van der Waals surface area contributed by atoms with Crippen molar-refractivity contribution < 1.29 is 14.3 Å². The first kappa shape index (κ1) is 14.6. The summed E-state index contributed by atoms with van der Waals surface area (Å²) in [5.41, 5.74) is 1.66. The van der Waals surface area contributed by atoms with E-state index in [2.05, 4.69) is 23.9 Å². The van der Waals surface area contributed by atoms with Crippen LogP contribution in [0.2, 0.25) is 0 Å². The molecule has 3 unspecified atom stereocenters. The molecule has 2 aromatic rings. The monoisotopic (exact) mass is 315 g/mol. The van der Waals surface area contributed by atoms with Gasteiger partial charge in [-0.1, -0.05) is 13.8 Å². The van der Waals surface area contributed by atoms with Crippen LogP contribution in [-0.2, 0) is 9.47 Å². The molecular weight excluding hydrogens is 294 g/mol. The van der Waals surface area contributed by atoms with E-state index in [9.17, 15) is 4.79 Å². The average Bonchev–Trinajstić information content (AvgIpc) is 2.95. The number of carbonyl (C=O) groups excluding carboxylic acids is 1. The zero-order chi connectivity index (χ0) is 16.2. The van der Waals surface area contributed by atoms with Crippen molar-refractivity contribution in [3.63, 3.8) is 0 Å². The number of ether oxygens (including phenoxy) is 2. The van der Waals surface area contributed by atoms with E-state index >= 15 is 0 Å². The summed E-state index contributed by atoms with van der Waals surface area (Å²) in [7, 11) is 0. The van der Waals surface area contributed by atoms with E-state index in [-0.39, 0.29) is 23.6 Å². The van der Waals surface area contributed by atoms with E-state index in [1.807, 2.05) is 13.0 Å². The van der Waals surface area contributed by atoms with Gasteiger partial charge in [0.1, 0.15) is 11.7 Å². The molecule has 2 aliphatic rings. The number of hydrogen-bond donors (Lipinski definition) is 0. The van der Waals surface area contributed by atoms with Crippen LogP contribution < -0.4 is 0 Å². The maximum absolute atomic E-state index is 12.6. The summed E-state index contributed by atoms with van der Waals surface area (Å²) in [6.45, 7) is 6.91. The molecule has 6 heteroatoms. The minimum atomic E-state index is -0.347. The Morgan fingerprint density at radius 1 is 1.48 bits per heavy atom. The average molecular weight is 315 g/mol. The van der Waals surface area contributed by atoms with Crippen LogP contribution in [0.1, 0.15) is 42.7 Å². The predicted molar refractivity (Wildman–Crippen MR) is 83.2 cm³/mol. The number of rotatable bonds is 2. The smallest absolute Gasteiger partial charge is 0.343 e. The van der Waals surface area contributed by atoms with Gasteiger partial charge in [0.25, 0.3) is 0 Å². The van der Waals surface area contributed by atoms with Crippen molar-refractivity contribution in [2.24, 2.45) is 11.3 Å². The zero-order valence-electron chi connectivity index (χ0n) is 13.7. The minimum absolute atomic E-state index is 0.111. The minimum Gasteiger partial charge on any atom is -0.458 e. The lowest BCUT2D eigenvalue weighted by atomic mass is 9.57. The molecule has 4 rings (SSSR count). The highest BCUT2D eigenvalue weighted by Crippen LogP contribution is 2.53. The van der Waals surface area contributed by atoms with Crippen LogP contribution in [0.5, 0.6) is 0 Å². The first-order valence-electron chi connectivity index (χ1n) is 8.12. The topological polar surface area (TPSA) is 65.7 Å². The van der Waals surface area contributed by atoms with Gasteiger partial charge in [-0.15, -0.1) is 0 Å². The molecule has 3 heterocycles. The van der Waals surface area contributed by atoms with Crippen LogP contribution in [0, 0.1) is 18.3 Å². The predicted octanol–water partition coefficient (Wildman–Crippen LogP) is 2.40. The molecule has 0 spiro atoms. The molecule has 3 atom stereocenters. The number of aryl methyl sites for hydroxylation is 1. The SMILES string of the molecule is Cc1ccn2ncc(C(=O)OC3C4CCCOC4C3(C)C)c2n1. The molecule has 1 saturated heterocycles. The number of hydrogen-bond acceptors (Lipinski definition) is 5. The second-order valence-electron chi connectivity index (χ2n) is 7.14. The van der Waals surface area contributed by atoms with Gasteiger partial charge < -0.3 is 9.47 Å². The van der Waals surface area contributed by atoms with Gasteiger partial charge in [0.05, 0.1) is 12.3 Å². The van der Waals surface area contributed by atoms with Gasteiger partial charge in [0.2, 0.25) is 0 Å². The molecule has 0 N–H and O–H groups in total. The third-order valence-corrected chi connectivity index (χ3v) is 5.19. The Morgan fingerprint density at radius 3 is 3.13 bits per heavy atom. The highest BCUT2D eigenvalue weighted by atomic mass is 16.6. The lowest BCUT2D eigenvalue weighted by molar-refractivity contribution is -0.243. The zero-order valence-corrected chi connectivity index (χ0v) is 13.7. The van der Waals surface area contributed by atoms with Crippen LogP contribution >= 0.6 is 0 Å². The van der Waals surface area contributed by atoms with Gasteiger partial charge in [0, 0.05) is 29.8 Å². The quantitative estimate of drug-likeness (QED) is 0.796. The van der Waals surface area contributed by atoms with Crippen molar-refractivity contribution >= 4 is 11.6 Å². The Labute approximate surface area is 134 Å². The standard InChI is InChI=1S/C17H21N3O3/c1-10-6-7-20-15(19-10)12(9-18-20)16(21)23-14-11-5-4-8-22-13(11)17(14,2)3/h6-7,9,11,13-14H,4-5,8H2,1-3H3. The lowest BCUT2D eigenvalue weighted by Gasteiger charge is -2.58. The Balaban J connectivity index is 1.58. The van der Waals surface area contributed by atoms with Gasteiger partial charge in [-0.3, -0.25) is 0 Å². The first-order valence-corrected chi connectivity index (χ1v) is 8.12. The lowest BCUT2D eigenvalue weighted by Crippen LogP contribution is -2.65. The fourth-order valence-electron chi connectivity index (χ4n) is 4.00. The normalized spacial score (nSPS) is 28.9. The maximum atomic E-state index is 12.6. The van der Waals surface area contributed by atoms with Crippen molar-refractivity contribution in [1.29, 1.82) is 0 Å². The largest absolute Gasteiger partial charge is 0.458 e. The van der Waals surface area contributed by atoms with E-state index in [4.69, 9.17) is 9.47 Å². The van der Waals surface area contributed by atoms with Crippen LogP contribution in [0.25, 0.3) is 5.65 Å². The molecule has 0 radical (unpaired) electrons. The first-order chi connectivity index (χ1) is 11.0.